The van der Waals surface area contributed by atoms with E-state index < -0.39 is 23.2 Å². The summed E-state index contributed by atoms with van der Waals surface area (Å²) < 4.78 is 12.6. The topological polar surface area (TPSA) is 140 Å². The van der Waals surface area contributed by atoms with E-state index in [1.165, 1.54) is 18.6 Å². The number of aldehydes is 1. The first-order valence-electron chi connectivity index (χ1n) is 14.6. The molecule has 4 atom stereocenters. The van der Waals surface area contributed by atoms with Crippen LogP contribution in [0.25, 0.3) is 0 Å². The van der Waals surface area contributed by atoms with Gasteiger partial charge in [-0.25, -0.2) is 9.78 Å². The normalized spacial score (nSPS) is 21.9. The lowest BCUT2D eigenvalue weighted by molar-refractivity contribution is -0.109. The van der Waals surface area contributed by atoms with Gasteiger partial charge in [-0.2, -0.15) is 0 Å². The van der Waals surface area contributed by atoms with Gasteiger partial charge in [0, 0.05) is 18.3 Å². The molecule has 0 bridgehead atoms. The van der Waals surface area contributed by atoms with Gasteiger partial charge in [-0.1, -0.05) is 50.3 Å². The van der Waals surface area contributed by atoms with Crippen LogP contribution in [0.5, 0.6) is 0 Å². The maximum absolute atomic E-state index is 11.9. The Morgan fingerprint density at radius 3 is 2.40 bits per heavy atom. The highest BCUT2D eigenvalue weighted by molar-refractivity contribution is 6.47. The first kappa shape index (κ1) is 33.8. The Balaban J connectivity index is 0.000000242. The van der Waals surface area contributed by atoms with Crippen molar-refractivity contribution in [2.75, 3.05) is 7.05 Å². The van der Waals surface area contributed by atoms with Crippen molar-refractivity contribution in [3.8, 4) is 0 Å². The van der Waals surface area contributed by atoms with Gasteiger partial charge in [0.25, 0.3) is 5.91 Å². The van der Waals surface area contributed by atoms with E-state index in [0.717, 1.165) is 24.7 Å². The minimum Gasteiger partial charge on any atom is -0.478 e. The molecule has 1 aromatic heterocycles. The Kier molecular flexibility index (Phi) is 11.9. The van der Waals surface area contributed by atoms with E-state index >= 15 is 0 Å². The van der Waals surface area contributed by atoms with Crippen LogP contribution in [-0.4, -0.2) is 65.0 Å². The molecule has 0 saturated carbocycles. The summed E-state index contributed by atoms with van der Waals surface area (Å²) in [6.07, 6.45) is 15.5. The van der Waals surface area contributed by atoms with Gasteiger partial charge in [0.05, 0.1) is 23.4 Å². The fourth-order valence-electron chi connectivity index (χ4n) is 5.12. The first-order valence-corrected chi connectivity index (χ1v) is 14.6. The zero-order valence-corrected chi connectivity index (χ0v) is 25.8. The highest BCUT2D eigenvalue weighted by atomic mass is 16.7. The van der Waals surface area contributed by atoms with Gasteiger partial charge in [0.2, 0.25) is 0 Å². The van der Waals surface area contributed by atoms with Crippen LogP contribution < -0.4 is 10.6 Å². The summed E-state index contributed by atoms with van der Waals surface area (Å²) >= 11 is 0. The molecule has 1 saturated heterocycles. The molecule has 0 radical (unpaired) electrons. The number of amides is 1. The molecule has 1 aliphatic heterocycles. The molecule has 1 amide bonds. The zero-order valence-electron chi connectivity index (χ0n) is 25.8. The zero-order chi connectivity index (χ0) is 31.6. The maximum Gasteiger partial charge on any atom is 0.476 e. The Hall–Kier alpha value is -3.67. The molecule has 3 N–H and O–H groups in total. The van der Waals surface area contributed by atoms with E-state index in [-0.39, 0.29) is 36.1 Å². The summed E-state index contributed by atoms with van der Waals surface area (Å²) in [5.41, 5.74) is 0.214. The number of carbonyl (C=O) groups excluding carboxylic acids is 2. The predicted molar refractivity (Wildman–Crippen MR) is 165 cm³/mol. The molecule has 1 aromatic carbocycles. The number of nitrogens with zero attached hydrogens (tertiary/aromatic N) is 2. The fraction of sp³-hybridized carbons (Fsp3) is 0.469. The standard InChI is InChI=1S/C18H28BNO4.C14H15N3O2/c1-12(2)11-15(20-6)19-23-17(3,4)18(5,24-19)14-9-7-13(8-10-14)16(21)22;18-10-12(8-11-4-2-1-3-5-11)17-14(19)13-9-15-6-7-16-13/h7-10,12,15,20H,11H2,1-6H3,(H,21,22);1-4,6-7,9-12H,5,8H2,(H,17,19)/t;11?,12-/m.0/s1. The highest BCUT2D eigenvalue weighted by Crippen LogP contribution is 2.46. The van der Waals surface area contributed by atoms with E-state index in [1.807, 2.05) is 58.2 Å². The molecule has 230 valence electrons. The Morgan fingerprint density at radius 2 is 1.86 bits per heavy atom. The third-order valence-electron chi connectivity index (χ3n) is 7.92. The largest absolute Gasteiger partial charge is 0.478 e. The van der Waals surface area contributed by atoms with Gasteiger partial charge >= 0.3 is 13.1 Å². The number of allylic oxidation sites excluding steroid dienone is 4. The van der Waals surface area contributed by atoms with E-state index in [9.17, 15) is 14.4 Å². The van der Waals surface area contributed by atoms with Crippen LogP contribution in [-0.2, 0) is 19.7 Å². The molecular formula is C32H43BN4O6. The number of aromatic nitrogens is 2. The summed E-state index contributed by atoms with van der Waals surface area (Å²) in [6, 6.07) is 6.34. The summed E-state index contributed by atoms with van der Waals surface area (Å²) in [5, 5.41) is 15.0. The van der Waals surface area contributed by atoms with Crippen molar-refractivity contribution in [2.45, 2.75) is 77.1 Å². The summed E-state index contributed by atoms with van der Waals surface area (Å²) in [7, 11) is 1.57. The van der Waals surface area contributed by atoms with Crippen molar-refractivity contribution < 1.29 is 28.8 Å². The monoisotopic (exact) mass is 590 g/mol. The van der Waals surface area contributed by atoms with Crippen molar-refractivity contribution in [3.63, 3.8) is 0 Å². The number of carboxylic acid groups (broad SMARTS) is 1. The minimum atomic E-state index is -0.931. The third kappa shape index (κ3) is 8.92. The number of carboxylic acids is 1. The summed E-state index contributed by atoms with van der Waals surface area (Å²) in [4.78, 5) is 41.7. The van der Waals surface area contributed by atoms with E-state index in [1.54, 1.807) is 12.1 Å². The van der Waals surface area contributed by atoms with Crippen LogP contribution in [0, 0.1) is 11.8 Å². The van der Waals surface area contributed by atoms with Gasteiger partial charge in [-0.3, -0.25) is 9.78 Å². The molecule has 4 rings (SSSR count). The second kappa shape index (κ2) is 15.2. The molecule has 2 aliphatic rings. The second-order valence-corrected chi connectivity index (χ2v) is 11.9. The fourth-order valence-corrected chi connectivity index (χ4v) is 5.12. The SMILES string of the molecule is CNC(CC(C)C)B1OC(C)(C)C(C)(c2ccc(C(=O)O)cc2)O1.O=C[C@H](CC1C=CC=CC1)NC(=O)c1cnccn1. The van der Waals surface area contributed by atoms with Crippen molar-refractivity contribution in [2.24, 2.45) is 11.8 Å². The average Bonchev–Trinajstić information content (AvgIpc) is 3.25. The van der Waals surface area contributed by atoms with Crippen LogP contribution in [0.2, 0.25) is 0 Å². The number of hydrogen-bond donors (Lipinski definition) is 3. The Morgan fingerprint density at radius 1 is 1.14 bits per heavy atom. The van der Waals surface area contributed by atoms with Crippen LogP contribution in [0.3, 0.4) is 0 Å². The molecule has 11 heteroatoms. The van der Waals surface area contributed by atoms with Gasteiger partial charge in [0.1, 0.15) is 17.6 Å². The Labute approximate surface area is 254 Å². The van der Waals surface area contributed by atoms with Crippen molar-refractivity contribution in [3.05, 3.63) is 84.0 Å². The number of carbonyl (C=O) groups is 3. The highest BCUT2D eigenvalue weighted by Gasteiger charge is 2.57. The minimum absolute atomic E-state index is 0.101. The second-order valence-electron chi connectivity index (χ2n) is 11.9. The van der Waals surface area contributed by atoms with Crippen LogP contribution in [0.4, 0.5) is 0 Å². The number of hydrogen-bond acceptors (Lipinski definition) is 8. The molecule has 43 heavy (non-hydrogen) atoms. The van der Waals surface area contributed by atoms with Gasteiger partial charge < -0.3 is 29.8 Å². The van der Waals surface area contributed by atoms with Crippen LogP contribution >= 0.6 is 0 Å². The molecule has 2 aromatic rings. The van der Waals surface area contributed by atoms with Crippen LogP contribution in [0.1, 0.15) is 80.3 Å². The molecule has 3 unspecified atom stereocenters. The first-order chi connectivity index (χ1) is 20.4. The van der Waals surface area contributed by atoms with E-state index in [2.05, 4.69) is 40.5 Å². The lowest BCUT2D eigenvalue weighted by Crippen LogP contribution is -2.44. The van der Waals surface area contributed by atoms with Crippen molar-refractivity contribution >= 4 is 25.3 Å². The predicted octanol–water partition coefficient (Wildman–Crippen LogP) is 4.38. The molecule has 1 aliphatic carbocycles. The number of benzene rings is 1. The number of nitrogens with one attached hydrogen (secondary N) is 2. The van der Waals surface area contributed by atoms with E-state index in [4.69, 9.17) is 14.4 Å². The molecular weight excluding hydrogens is 547 g/mol. The molecule has 0 spiro atoms. The van der Waals surface area contributed by atoms with Crippen molar-refractivity contribution in [1.82, 2.24) is 20.6 Å². The third-order valence-corrected chi connectivity index (χ3v) is 7.92. The Bertz CT molecular complexity index is 1280. The summed E-state index contributed by atoms with van der Waals surface area (Å²) in [5.74, 6) is -0.397. The molecule has 10 nitrogen and oxygen atoms in total. The lowest BCUT2D eigenvalue weighted by Gasteiger charge is -2.37. The lowest BCUT2D eigenvalue weighted by atomic mass is 9.74. The molecule has 2 heterocycles. The van der Waals surface area contributed by atoms with Crippen LogP contribution in [0.15, 0.2) is 67.2 Å². The van der Waals surface area contributed by atoms with Gasteiger partial charge in [-0.05, 0) is 76.6 Å². The average molecular weight is 591 g/mol. The molecule has 1 fully saturated rings. The smallest absolute Gasteiger partial charge is 0.476 e. The van der Waals surface area contributed by atoms with Crippen molar-refractivity contribution in [1.29, 1.82) is 0 Å². The van der Waals surface area contributed by atoms with Gasteiger partial charge in [-0.15, -0.1) is 0 Å². The summed E-state index contributed by atoms with van der Waals surface area (Å²) in [6.45, 7) is 10.4. The number of aromatic carboxylic acids is 1. The quantitative estimate of drug-likeness (QED) is 0.257. The maximum atomic E-state index is 11.9. The van der Waals surface area contributed by atoms with Gasteiger partial charge in [0.15, 0.2) is 0 Å². The number of rotatable bonds is 11. The van der Waals surface area contributed by atoms with E-state index in [0.29, 0.717) is 12.3 Å².